The molecule has 6 nitrogen and oxygen atoms in total. The highest BCUT2D eigenvalue weighted by atomic mass is 16.5. The third-order valence-electron chi connectivity index (χ3n) is 3.96. The standard InChI is InChI=1S/C21H19N3O3/c1-14-6-3-4-9-18(14)23-17-10-11-19(22-13-17)20(25)24-16-8-5-7-15(12-16)21(26)27-2/h3-13,23H,1-2H3,(H,24,25). The molecule has 0 bridgehead atoms. The van der Waals surface area contributed by atoms with Crippen LogP contribution >= 0.6 is 0 Å². The molecule has 0 fully saturated rings. The van der Waals surface area contributed by atoms with Crippen LogP contribution in [0.3, 0.4) is 0 Å². The monoisotopic (exact) mass is 361 g/mol. The van der Waals surface area contributed by atoms with Crippen LogP contribution in [0.5, 0.6) is 0 Å². The van der Waals surface area contributed by atoms with E-state index in [1.54, 1.807) is 42.6 Å². The van der Waals surface area contributed by atoms with Crippen LogP contribution in [0.2, 0.25) is 0 Å². The van der Waals surface area contributed by atoms with Crippen LogP contribution in [0.4, 0.5) is 17.1 Å². The van der Waals surface area contributed by atoms with Crippen LogP contribution in [-0.4, -0.2) is 24.0 Å². The number of pyridine rings is 1. The molecule has 0 radical (unpaired) electrons. The molecular weight excluding hydrogens is 342 g/mol. The van der Waals surface area contributed by atoms with Crippen LogP contribution < -0.4 is 10.6 Å². The van der Waals surface area contributed by atoms with Crippen molar-refractivity contribution in [3.63, 3.8) is 0 Å². The number of rotatable bonds is 5. The molecule has 3 aromatic rings. The first-order valence-corrected chi connectivity index (χ1v) is 8.35. The Labute approximate surface area is 157 Å². The van der Waals surface area contributed by atoms with Gasteiger partial charge in [-0.15, -0.1) is 0 Å². The zero-order valence-corrected chi connectivity index (χ0v) is 15.0. The van der Waals surface area contributed by atoms with Gasteiger partial charge in [0.1, 0.15) is 5.69 Å². The fraction of sp³-hybridized carbons (Fsp3) is 0.0952. The van der Waals surface area contributed by atoms with Crippen LogP contribution in [-0.2, 0) is 4.74 Å². The van der Waals surface area contributed by atoms with Crippen LogP contribution in [0.15, 0.2) is 66.9 Å². The van der Waals surface area contributed by atoms with Gasteiger partial charge in [-0.05, 0) is 48.9 Å². The molecule has 0 unspecified atom stereocenters. The molecule has 2 aromatic carbocycles. The number of nitrogens with one attached hydrogen (secondary N) is 2. The van der Waals surface area contributed by atoms with Crippen molar-refractivity contribution in [3.05, 3.63) is 83.7 Å². The normalized spacial score (nSPS) is 10.1. The third kappa shape index (κ3) is 4.49. The van der Waals surface area contributed by atoms with Gasteiger partial charge in [-0.3, -0.25) is 4.79 Å². The van der Waals surface area contributed by atoms with E-state index in [1.807, 2.05) is 31.2 Å². The number of aryl methyl sites for hydroxylation is 1. The predicted octanol–water partition coefficient (Wildman–Crippen LogP) is 4.17. The van der Waals surface area contributed by atoms with E-state index in [9.17, 15) is 9.59 Å². The van der Waals surface area contributed by atoms with Crippen molar-refractivity contribution in [2.75, 3.05) is 17.7 Å². The molecule has 1 amide bonds. The molecule has 0 aliphatic heterocycles. The molecule has 27 heavy (non-hydrogen) atoms. The SMILES string of the molecule is COC(=O)c1cccc(NC(=O)c2ccc(Nc3ccccc3C)cn2)c1. The smallest absolute Gasteiger partial charge is 0.337 e. The van der Waals surface area contributed by atoms with E-state index in [0.29, 0.717) is 11.3 Å². The number of hydrogen-bond donors (Lipinski definition) is 2. The highest BCUT2D eigenvalue weighted by Gasteiger charge is 2.10. The zero-order valence-electron chi connectivity index (χ0n) is 15.0. The fourth-order valence-corrected chi connectivity index (χ4v) is 2.51. The minimum Gasteiger partial charge on any atom is -0.465 e. The van der Waals surface area contributed by atoms with Crippen LogP contribution in [0.25, 0.3) is 0 Å². The summed E-state index contributed by atoms with van der Waals surface area (Å²) >= 11 is 0. The third-order valence-corrected chi connectivity index (χ3v) is 3.96. The van der Waals surface area contributed by atoms with Gasteiger partial charge in [0, 0.05) is 11.4 Å². The molecule has 136 valence electrons. The number of carbonyl (C=O) groups is 2. The summed E-state index contributed by atoms with van der Waals surface area (Å²) in [5.74, 6) is -0.824. The first-order chi connectivity index (χ1) is 13.1. The Hall–Kier alpha value is -3.67. The Kier molecular flexibility index (Phi) is 5.47. The zero-order chi connectivity index (χ0) is 19.2. The Morgan fingerprint density at radius 2 is 1.78 bits per heavy atom. The summed E-state index contributed by atoms with van der Waals surface area (Å²) in [7, 11) is 1.31. The number of amides is 1. The molecule has 0 saturated heterocycles. The van der Waals surface area contributed by atoms with Crippen molar-refractivity contribution < 1.29 is 14.3 Å². The molecule has 1 heterocycles. The Balaban J connectivity index is 1.69. The van der Waals surface area contributed by atoms with Gasteiger partial charge in [-0.2, -0.15) is 0 Å². The minimum absolute atomic E-state index is 0.272. The minimum atomic E-state index is -0.462. The van der Waals surface area contributed by atoms with Gasteiger partial charge in [-0.25, -0.2) is 9.78 Å². The van der Waals surface area contributed by atoms with Crippen molar-refractivity contribution >= 4 is 28.9 Å². The lowest BCUT2D eigenvalue weighted by Gasteiger charge is -2.10. The summed E-state index contributed by atoms with van der Waals surface area (Å²) in [6.07, 6.45) is 1.60. The van der Waals surface area contributed by atoms with Gasteiger partial charge in [0.05, 0.1) is 24.6 Å². The van der Waals surface area contributed by atoms with Crippen LogP contribution in [0.1, 0.15) is 26.4 Å². The lowest BCUT2D eigenvalue weighted by Crippen LogP contribution is -2.14. The average Bonchev–Trinajstić information content (AvgIpc) is 2.70. The number of anilines is 3. The molecule has 0 aliphatic carbocycles. The van der Waals surface area contributed by atoms with E-state index in [4.69, 9.17) is 0 Å². The number of ether oxygens (including phenoxy) is 1. The number of methoxy groups -OCH3 is 1. The quantitative estimate of drug-likeness (QED) is 0.667. The molecule has 0 spiro atoms. The predicted molar refractivity (Wildman–Crippen MR) is 104 cm³/mol. The van der Waals surface area contributed by atoms with Gasteiger partial charge in [0.15, 0.2) is 0 Å². The topological polar surface area (TPSA) is 80.3 Å². The van der Waals surface area contributed by atoms with Crippen molar-refractivity contribution in [2.45, 2.75) is 6.92 Å². The number of nitrogens with zero attached hydrogens (tertiary/aromatic N) is 1. The van der Waals surface area contributed by atoms with Crippen molar-refractivity contribution in [1.82, 2.24) is 4.98 Å². The first-order valence-electron chi connectivity index (χ1n) is 8.35. The molecule has 3 rings (SSSR count). The van der Waals surface area contributed by atoms with Gasteiger partial charge in [0.2, 0.25) is 0 Å². The summed E-state index contributed by atoms with van der Waals surface area (Å²) < 4.78 is 4.68. The molecule has 0 aliphatic rings. The maximum atomic E-state index is 12.4. The van der Waals surface area contributed by atoms with E-state index in [1.165, 1.54) is 7.11 Å². The molecule has 0 atom stereocenters. The Morgan fingerprint density at radius 3 is 2.48 bits per heavy atom. The summed E-state index contributed by atoms with van der Waals surface area (Å²) in [5, 5.41) is 6.00. The van der Waals surface area contributed by atoms with Crippen molar-refractivity contribution in [1.29, 1.82) is 0 Å². The lowest BCUT2D eigenvalue weighted by molar-refractivity contribution is 0.0600. The summed E-state index contributed by atoms with van der Waals surface area (Å²) in [6.45, 7) is 2.01. The molecule has 1 aromatic heterocycles. The maximum absolute atomic E-state index is 12.4. The fourth-order valence-electron chi connectivity index (χ4n) is 2.51. The second-order valence-electron chi connectivity index (χ2n) is 5.90. The van der Waals surface area contributed by atoms with E-state index in [0.717, 1.165) is 16.9 Å². The maximum Gasteiger partial charge on any atom is 0.337 e. The number of benzene rings is 2. The summed E-state index contributed by atoms with van der Waals surface area (Å²) in [4.78, 5) is 28.2. The van der Waals surface area contributed by atoms with E-state index >= 15 is 0 Å². The van der Waals surface area contributed by atoms with Gasteiger partial charge >= 0.3 is 5.97 Å². The molecule has 6 heteroatoms. The molecule has 2 N–H and O–H groups in total. The van der Waals surface area contributed by atoms with Gasteiger partial charge < -0.3 is 15.4 Å². The largest absolute Gasteiger partial charge is 0.465 e. The number of hydrogen-bond acceptors (Lipinski definition) is 5. The van der Waals surface area contributed by atoms with Crippen molar-refractivity contribution in [2.24, 2.45) is 0 Å². The highest BCUT2D eigenvalue weighted by molar-refractivity contribution is 6.03. The number of esters is 1. The van der Waals surface area contributed by atoms with Gasteiger partial charge in [-0.1, -0.05) is 24.3 Å². The molecule has 0 saturated carbocycles. The van der Waals surface area contributed by atoms with Crippen LogP contribution in [0, 0.1) is 6.92 Å². The number of aromatic nitrogens is 1. The highest BCUT2D eigenvalue weighted by Crippen LogP contribution is 2.20. The van der Waals surface area contributed by atoms with Crippen molar-refractivity contribution in [3.8, 4) is 0 Å². The second-order valence-corrected chi connectivity index (χ2v) is 5.90. The van der Waals surface area contributed by atoms with E-state index in [2.05, 4.69) is 20.4 Å². The lowest BCUT2D eigenvalue weighted by atomic mass is 10.2. The average molecular weight is 361 g/mol. The number of para-hydroxylation sites is 1. The van der Waals surface area contributed by atoms with E-state index < -0.39 is 5.97 Å². The number of carbonyl (C=O) groups excluding carboxylic acids is 2. The summed E-state index contributed by atoms with van der Waals surface area (Å²) in [5.41, 5.74) is 4.01. The first kappa shape index (κ1) is 18.1. The summed E-state index contributed by atoms with van der Waals surface area (Å²) in [6, 6.07) is 17.9. The Morgan fingerprint density at radius 1 is 0.963 bits per heavy atom. The Bertz CT molecular complexity index is 968. The molecular formula is C21H19N3O3. The van der Waals surface area contributed by atoms with E-state index in [-0.39, 0.29) is 11.6 Å². The second kappa shape index (κ2) is 8.14. The van der Waals surface area contributed by atoms with Gasteiger partial charge in [0.25, 0.3) is 5.91 Å².